The van der Waals surface area contributed by atoms with Crippen molar-refractivity contribution in [2.45, 2.75) is 4.34 Å². The normalized spacial score (nSPS) is 13.7. The van der Waals surface area contributed by atoms with Gasteiger partial charge in [-0.25, -0.2) is 10.4 Å². The lowest BCUT2D eigenvalue weighted by Crippen LogP contribution is -2.42. The Morgan fingerprint density at radius 2 is 1.91 bits per heavy atom. The van der Waals surface area contributed by atoms with Crippen molar-refractivity contribution in [3.8, 4) is 17.0 Å². The molecule has 0 atom stereocenters. The van der Waals surface area contributed by atoms with Crippen molar-refractivity contribution in [2.24, 2.45) is 5.10 Å². The maximum atomic E-state index is 12.1. The molecule has 0 saturated carbocycles. The van der Waals surface area contributed by atoms with Crippen LogP contribution in [0.2, 0.25) is 5.02 Å². The van der Waals surface area contributed by atoms with Gasteiger partial charge < -0.3 is 14.4 Å². The number of aromatic nitrogens is 1. The van der Waals surface area contributed by atoms with Crippen molar-refractivity contribution >= 4 is 52.7 Å². The van der Waals surface area contributed by atoms with Gasteiger partial charge in [0.2, 0.25) is 0 Å². The second-order valence-electron chi connectivity index (χ2n) is 7.44. The first-order valence-electron chi connectivity index (χ1n) is 10.8. The predicted octanol–water partition coefficient (Wildman–Crippen LogP) is 3.94. The van der Waals surface area contributed by atoms with Crippen LogP contribution < -0.4 is 10.2 Å². The number of amides is 2. The number of carbonyl (C=O) groups excluding carboxylic acids is 2. The van der Waals surface area contributed by atoms with Gasteiger partial charge in [0, 0.05) is 29.1 Å². The number of thioether (sulfide) groups is 1. The Balaban J connectivity index is 1.17. The highest BCUT2D eigenvalue weighted by Crippen LogP contribution is 2.28. The number of hydrazone groups is 1. The van der Waals surface area contributed by atoms with Crippen molar-refractivity contribution in [2.75, 3.05) is 38.7 Å². The minimum Gasteiger partial charge on any atom is -0.484 e. The van der Waals surface area contributed by atoms with Crippen LogP contribution in [0, 0.1) is 0 Å². The van der Waals surface area contributed by atoms with E-state index in [1.807, 2.05) is 29.6 Å². The molecular weight excluding hydrogens is 508 g/mol. The number of halogens is 1. The molecule has 1 N–H and O–H groups in total. The van der Waals surface area contributed by atoms with Crippen molar-refractivity contribution in [3.63, 3.8) is 0 Å². The van der Waals surface area contributed by atoms with Crippen LogP contribution in [-0.4, -0.2) is 66.6 Å². The standard InChI is InChI=1S/C24H23ClN4O4S2/c25-19-5-3-18(4-6-19)21-15-34-24(27-21)35-16-22(30)28-26-13-17-1-7-20(8-2-17)33-14-23(31)29-9-11-32-12-10-29/h1-8,13,15H,9-12,14,16H2,(H,28,30)/b26-13+. The molecule has 11 heteroatoms. The van der Waals surface area contributed by atoms with Crippen LogP contribution in [0.25, 0.3) is 11.3 Å². The average molecular weight is 531 g/mol. The third kappa shape index (κ3) is 7.79. The molecule has 0 radical (unpaired) electrons. The number of hydrogen-bond donors (Lipinski definition) is 1. The van der Waals surface area contributed by atoms with Crippen molar-refractivity contribution in [1.29, 1.82) is 0 Å². The molecule has 1 aromatic heterocycles. The number of ether oxygens (including phenoxy) is 2. The lowest BCUT2D eigenvalue weighted by Gasteiger charge is -2.26. The summed E-state index contributed by atoms with van der Waals surface area (Å²) in [5.74, 6) is 0.509. The molecule has 1 aliphatic heterocycles. The van der Waals surface area contributed by atoms with Crippen LogP contribution in [-0.2, 0) is 14.3 Å². The third-order valence-electron chi connectivity index (χ3n) is 4.96. The Kier molecular flexibility index (Phi) is 9.13. The zero-order chi connectivity index (χ0) is 24.5. The predicted molar refractivity (Wildman–Crippen MR) is 138 cm³/mol. The number of rotatable bonds is 9. The topological polar surface area (TPSA) is 93.1 Å². The van der Waals surface area contributed by atoms with E-state index in [-0.39, 0.29) is 24.2 Å². The maximum absolute atomic E-state index is 12.1. The Labute approximate surface area is 216 Å². The first kappa shape index (κ1) is 25.2. The highest BCUT2D eigenvalue weighted by atomic mass is 35.5. The molecular formula is C24H23ClN4O4S2. The molecule has 0 spiro atoms. The molecule has 0 unspecified atom stereocenters. The maximum Gasteiger partial charge on any atom is 0.260 e. The zero-order valence-corrected chi connectivity index (χ0v) is 21.1. The Hall–Kier alpha value is -2.92. The molecule has 0 bridgehead atoms. The fourth-order valence-corrected chi connectivity index (χ4v) is 4.87. The van der Waals surface area contributed by atoms with Gasteiger partial charge in [-0.3, -0.25) is 9.59 Å². The summed E-state index contributed by atoms with van der Waals surface area (Å²) in [4.78, 5) is 30.5. The quantitative estimate of drug-likeness (QED) is 0.256. The first-order chi connectivity index (χ1) is 17.1. The van der Waals surface area contributed by atoms with Gasteiger partial charge in [-0.2, -0.15) is 5.10 Å². The Morgan fingerprint density at radius 3 is 2.66 bits per heavy atom. The highest BCUT2D eigenvalue weighted by molar-refractivity contribution is 8.01. The molecule has 2 aromatic carbocycles. The van der Waals surface area contributed by atoms with Crippen molar-refractivity contribution in [1.82, 2.24) is 15.3 Å². The Bertz CT molecular complexity index is 1160. The monoisotopic (exact) mass is 530 g/mol. The average Bonchev–Trinajstić information content (AvgIpc) is 3.37. The minimum atomic E-state index is -0.226. The van der Waals surface area contributed by atoms with Crippen molar-refractivity contribution < 1.29 is 19.1 Å². The number of nitrogens with zero attached hydrogens (tertiary/aromatic N) is 3. The number of hydrogen-bond acceptors (Lipinski definition) is 8. The van der Waals surface area contributed by atoms with E-state index in [2.05, 4.69) is 15.5 Å². The molecule has 2 amide bonds. The van der Waals surface area contributed by atoms with E-state index in [0.29, 0.717) is 37.1 Å². The van der Waals surface area contributed by atoms with Crippen LogP contribution in [0.4, 0.5) is 0 Å². The molecule has 3 aromatic rings. The minimum absolute atomic E-state index is 0.0125. The van der Waals surface area contributed by atoms with E-state index in [1.54, 1.807) is 35.4 Å². The van der Waals surface area contributed by atoms with Gasteiger partial charge >= 0.3 is 0 Å². The van der Waals surface area contributed by atoms with Gasteiger partial charge in [-0.05, 0) is 42.0 Å². The molecule has 4 rings (SSSR count). The fraction of sp³-hybridized carbons (Fsp3) is 0.250. The number of nitrogens with one attached hydrogen (secondary N) is 1. The summed E-state index contributed by atoms with van der Waals surface area (Å²) in [5, 5.41) is 6.63. The molecule has 1 fully saturated rings. The van der Waals surface area contributed by atoms with Crippen LogP contribution in [0.1, 0.15) is 5.56 Å². The largest absolute Gasteiger partial charge is 0.484 e. The molecule has 1 saturated heterocycles. The van der Waals surface area contributed by atoms with E-state index >= 15 is 0 Å². The summed E-state index contributed by atoms with van der Waals surface area (Å²) >= 11 is 8.76. The van der Waals surface area contributed by atoms with Gasteiger partial charge in [0.1, 0.15) is 5.75 Å². The summed E-state index contributed by atoms with van der Waals surface area (Å²) in [6, 6.07) is 14.6. The second-order valence-corrected chi connectivity index (χ2v) is 9.96. The molecule has 182 valence electrons. The summed E-state index contributed by atoms with van der Waals surface area (Å²) in [5.41, 5.74) is 5.14. The SMILES string of the molecule is O=C(CSc1nc(-c2ccc(Cl)cc2)cs1)N/N=C/c1ccc(OCC(=O)N2CCOCC2)cc1. The van der Waals surface area contributed by atoms with Crippen LogP contribution in [0.3, 0.4) is 0 Å². The summed E-state index contributed by atoms with van der Waals surface area (Å²) in [6.45, 7) is 2.30. The first-order valence-corrected chi connectivity index (χ1v) is 13.1. The van der Waals surface area contributed by atoms with E-state index in [4.69, 9.17) is 21.1 Å². The summed E-state index contributed by atoms with van der Waals surface area (Å²) < 4.78 is 11.6. The molecule has 8 nitrogen and oxygen atoms in total. The number of morpholine rings is 1. The summed E-state index contributed by atoms with van der Waals surface area (Å²) in [6.07, 6.45) is 1.55. The van der Waals surface area contributed by atoms with E-state index < -0.39 is 0 Å². The zero-order valence-electron chi connectivity index (χ0n) is 18.7. The molecule has 2 heterocycles. The van der Waals surface area contributed by atoms with E-state index in [9.17, 15) is 9.59 Å². The van der Waals surface area contributed by atoms with Crippen LogP contribution in [0.5, 0.6) is 5.75 Å². The van der Waals surface area contributed by atoms with Gasteiger partial charge in [0.05, 0.1) is 30.9 Å². The van der Waals surface area contributed by atoms with Gasteiger partial charge in [0.15, 0.2) is 10.9 Å². The fourth-order valence-electron chi connectivity index (χ4n) is 3.11. The second kappa shape index (κ2) is 12.7. The smallest absolute Gasteiger partial charge is 0.260 e. The molecule has 1 aliphatic rings. The van der Waals surface area contributed by atoms with E-state index in [0.717, 1.165) is 21.2 Å². The van der Waals surface area contributed by atoms with Crippen molar-refractivity contribution in [3.05, 3.63) is 64.5 Å². The van der Waals surface area contributed by atoms with Gasteiger partial charge in [-0.15, -0.1) is 11.3 Å². The lowest BCUT2D eigenvalue weighted by molar-refractivity contribution is -0.137. The molecule has 35 heavy (non-hydrogen) atoms. The third-order valence-corrected chi connectivity index (χ3v) is 7.23. The van der Waals surface area contributed by atoms with Crippen LogP contribution >= 0.6 is 34.7 Å². The number of thiazole rings is 1. The lowest BCUT2D eigenvalue weighted by atomic mass is 10.2. The van der Waals surface area contributed by atoms with E-state index in [1.165, 1.54) is 23.1 Å². The van der Waals surface area contributed by atoms with Crippen LogP contribution in [0.15, 0.2) is 63.4 Å². The Morgan fingerprint density at radius 1 is 1.17 bits per heavy atom. The van der Waals surface area contributed by atoms with Gasteiger partial charge in [0.25, 0.3) is 11.8 Å². The number of carbonyl (C=O) groups is 2. The van der Waals surface area contributed by atoms with Gasteiger partial charge in [-0.1, -0.05) is 35.5 Å². The number of benzene rings is 2. The highest BCUT2D eigenvalue weighted by Gasteiger charge is 2.17. The summed E-state index contributed by atoms with van der Waals surface area (Å²) in [7, 11) is 0. The molecule has 0 aliphatic carbocycles.